The highest BCUT2D eigenvalue weighted by molar-refractivity contribution is 4.97. The van der Waals surface area contributed by atoms with E-state index in [1.54, 1.807) is 0 Å². The maximum Gasteiger partial charge on any atom is 0.0322 e. The molecule has 0 saturated carbocycles. The van der Waals surface area contributed by atoms with E-state index < -0.39 is 0 Å². The summed E-state index contributed by atoms with van der Waals surface area (Å²) in [4.78, 5) is 0. The van der Waals surface area contributed by atoms with Gasteiger partial charge in [0.15, 0.2) is 0 Å². The molecule has 2 saturated heterocycles. The van der Waals surface area contributed by atoms with Gasteiger partial charge in [0.05, 0.1) is 0 Å². The molecule has 2 aliphatic heterocycles. The Labute approximate surface area is 80.5 Å². The predicted octanol–water partition coefficient (Wildman–Crippen LogP) is 0.0669. The Kier molecular flexibility index (Phi) is 2.86. The van der Waals surface area contributed by atoms with E-state index in [4.69, 9.17) is 5.73 Å². The fourth-order valence-electron chi connectivity index (χ4n) is 2.64. The quantitative estimate of drug-likeness (QED) is 0.539. The van der Waals surface area contributed by atoms with Crippen LogP contribution in [0.1, 0.15) is 25.7 Å². The van der Waals surface area contributed by atoms with Crippen molar-refractivity contribution in [3.63, 3.8) is 0 Å². The van der Waals surface area contributed by atoms with Crippen LogP contribution in [0.4, 0.5) is 0 Å². The molecule has 4 N–H and O–H groups in total. The fraction of sp³-hybridized carbons (Fsp3) is 1.00. The number of nitrogens with two attached hydrogens (primary N) is 1. The van der Waals surface area contributed by atoms with Crippen LogP contribution >= 0.6 is 0 Å². The van der Waals surface area contributed by atoms with Crippen molar-refractivity contribution in [3.8, 4) is 0 Å². The van der Waals surface area contributed by atoms with Crippen molar-refractivity contribution in [1.82, 2.24) is 10.6 Å². The van der Waals surface area contributed by atoms with E-state index in [0.29, 0.717) is 5.92 Å². The predicted molar refractivity (Wildman–Crippen MR) is 54.6 cm³/mol. The van der Waals surface area contributed by atoms with Crippen molar-refractivity contribution in [2.45, 2.75) is 31.2 Å². The number of rotatable bonds is 1. The van der Waals surface area contributed by atoms with E-state index in [1.165, 1.54) is 32.2 Å². The van der Waals surface area contributed by atoms with Crippen LogP contribution in [-0.4, -0.2) is 31.7 Å². The minimum absolute atomic E-state index is 0.0751. The SMILES string of the molecule is NC1(C2CCCNC2)CCCNC1. The Morgan fingerprint density at radius 1 is 1.15 bits per heavy atom. The zero-order chi connectivity index (χ0) is 9.15. The number of nitrogens with one attached hydrogen (secondary N) is 2. The Hall–Kier alpha value is -0.120. The molecule has 0 aromatic heterocycles. The summed E-state index contributed by atoms with van der Waals surface area (Å²) in [6.45, 7) is 4.47. The molecule has 0 aromatic rings. The summed E-state index contributed by atoms with van der Waals surface area (Å²) in [6.07, 6.45) is 5.05. The minimum atomic E-state index is 0.0751. The Morgan fingerprint density at radius 3 is 2.62 bits per heavy atom. The van der Waals surface area contributed by atoms with Crippen LogP contribution in [0.5, 0.6) is 0 Å². The van der Waals surface area contributed by atoms with Crippen LogP contribution in [-0.2, 0) is 0 Å². The number of piperidine rings is 2. The van der Waals surface area contributed by atoms with Gasteiger partial charge in [-0.2, -0.15) is 0 Å². The van der Waals surface area contributed by atoms with Crippen LogP contribution in [0.3, 0.4) is 0 Å². The Balaban J connectivity index is 1.94. The third kappa shape index (κ3) is 2.03. The zero-order valence-electron chi connectivity index (χ0n) is 8.31. The molecule has 0 bridgehead atoms. The highest BCUT2D eigenvalue weighted by Gasteiger charge is 2.36. The standard InChI is InChI=1S/C10H21N3/c11-10(4-2-6-13-8-10)9-3-1-5-12-7-9/h9,12-13H,1-8,11H2. The normalized spacial score (nSPS) is 41.8. The van der Waals surface area contributed by atoms with Crippen LogP contribution in [0.15, 0.2) is 0 Å². The van der Waals surface area contributed by atoms with Crippen LogP contribution in [0.25, 0.3) is 0 Å². The summed E-state index contributed by atoms with van der Waals surface area (Å²) in [5.41, 5.74) is 6.51. The van der Waals surface area contributed by atoms with Crippen molar-refractivity contribution >= 4 is 0 Å². The molecule has 76 valence electrons. The van der Waals surface area contributed by atoms with Crippen molar-refractivity contribution in [3.05, 3.63) is 0 Å². The molecule has 13 heavy (non-hydrogen) atoms. The molecule has 0 amide bonds. The van der Waals surface area contributed by atoms with Gasteiger partial charge in [0.25, 0.3) is 0 Å². The van der Waals surface area contributed by atoms with Crippen molar-refractivity contribution in [2.24, 2.45) is 11.7 Å². The van der Waals surface area contributed by atoms with E-state index in [2.05, 4.69) is 10.6 Å². The lowest BCUT2D eigenvalue weighted by Gasteiger charge is -2.42. The van der Waals surface area contributed by atoms with E-state index in [-0.39, 0.29) is 5.54 Å². The lowest BCUT2D eigenvalue weighted by molar-refractivity contribution is 0.178. The largest absolute Gasteiger partial charge is 0.324 e. The van der Waals surface area contributed by atoms with Crippen molar-refractivity contribution in [1.29, 1.82) is 0 Å². The molecule has 2 unspecified atom stereocenters. The highest BCUT2D eigenvalue weighted by atomic mass is 15.0. The molecule has 2 heterocycles. The highest BCUT2D eigenvalue weighted by Crippen LogP contribution is 2.27. The smallest absolute Gasteiger partial charge is 0.0322 e. The topological polar surface area (TPSA) is 50.1 Å². The third-order valence-corrected chi connectivity index (χ3v) is 3.56. The van der Waals surface area contributed by atoms with Gasteiger partial charge >= 0.3 is 0 Å². The second-order valence-corrected chi connectivity index (χ2v) is 4.56. The van der Waals surface area contributed by atoms with Gasteiger partial charge in [-0.05, 0) is 51.2 Å². The first-order chi connectivity index (χ1) is 6.31. The first-order valence-electron chi connectivity index (χ1n) is 5.52. The molecular formula is C10H21N3. The molecule has 0 spiro atoms. The average molecular weight is 183 g/mol. The molecule has 2 atom stereocenters. The van der Waals surface area contributed by atoms with Gasteiger partial charge in [-0.25, -0.2) is 0 Å². The summed E-state index contributed by atoms with van der Waals surface area (Å²) in [5, 5.41) is 6.87. The van der Waals surface area contributed by atoms with Gasteiger partial charge in [0.2, 0.25) is 0 Å². The van der Waals surface area contributed by atoms with Crippen molar-refractivity contribution in [2.75, 3.05) is 26.2 Å². The first kappa shape index (κ1) is 9.44. The second kappa shape index (κ2) is 3.95. The number of hydrogen-bond acceptors (Lipinski definition) is 3. The minimum Gasteiger partial charge on any atom is -0.324 e. The second-order valence-electron chi connectivity index (χ2n) is 4.56. The van der Waals surface area contributed by atoms with Gasteiger partial charge in [-0.1, -0.05) is 0 Å². The van der Waals surface area contributed by atoms with Gasteiger partial charge in [-0.15, -0.1) is 0 Å². The van der Waals surface area contributed by atoms with Gasteiger partial charge in [-0.3, -0.25) is 0 Å². The van der Waals surface area contributed by atoms with Gasteiger partial charge < -0.3 is 16.4 Å². The van der Waals surface area contributed by atoms with Crippen LogP contribution in [0.2, 0.25) is 0 Å². The summed E-state index contributed by atoms with van der Waals surface area (Å²) >= 11 is 0. The molecule has 2 aliphatic rings. The third-order valence-electron chi connectivity index (χ3n) is 3.56. The summed E-state index contributed by atoms with van der Waals surface area (Å²) in [6, 6.07) is 0. The molecule has 2 rings (SSSR count). The fourth-order valence-corrected chi connectivity index (χ4v) is 2.64. The Bertz CT molecular complexity index is 158. The van der Waals surface area contributed by atoms with E-state index in [1.807, 2.05) is 0 Å². The number of hydrogen-bond donors (Lipinski definition) is 3. The maximum absolute atomic E-state index is 6.43. The van der Waals surface area contributed by atoms with Gasteiger partial charge in [0.1, 0.15) is 0 Å². The average Bonchev–Trinajstić information content (AvgIpc) is 2.20. The monoisotopic (exact) mass is 183 g/mol. The zero-order valence-corrected chi connectivity index (χ0v) is 8.31. The van der Waals surface area contributed by atoms with Crippen LogP contribution < -0.4 is 16.4 Å². The summed E-state index contributed by atoms with van der Waals surface area (Å²) in [5.74, 6) is 0.689. The lowest BCUT2D eigenvalue weighted by atomic mass is 9.75. The van der Waals surface area contributed by atoms with E-state index in [9.17, 15) is 0 Å². The molecule has 0 aromatic carbocycles. The Morgan fingerprint density at radius 2 is 2.00 bits per heavy atom. The molecule has 3 heteroatoms. The molecule has 2 fully saturated rings. The van der Waals surface area contributed by atoms with E-state index in [0.717, 1.165) is 19.6 Å². The van der Waals surface area contributed by atoms with E-state index >= 15 is 0 Å². The van der Waals surface area contributed by atoms with Crippen molar-refractivity contribution < 1.29 is 0 Å². The first-order valence-corrected chi connectivity index (χ1v) is 5.52. The molecule has 3 nitrogen and oxygen atoms in total. The maximum atomic E-state index is 6.43. The summed E-state index contributed by atoms with van der Waals surface area (Å²) < 4.78 is 0. The molecule has 0 aliphatic carbocycles. The summed E-state index contributed by atoms with van der Waals surface area (Å²) in [7, 11) is 0. The molecular weight excluding hydrogens is 162 g/mol. The lowest BCUT2D eigenvalue weighted by Crippen LogP contribution is -2.60. The van der Waals surface area contributed by atoms with Gasteiger partial charge in [0, 0.05) is 12.1 Å². The van der Waals surface area contributed by atoms with Crippen LogP contribution in [0, 0.1) is 5.92 Å². The molecule has 0 radical (unpaired) electrons.